The predicted molar refractivity (Wildman–Crippen MR) is 126 cm³/mol. The molecular formula is C24H30N8O. The van der Waals surface area contributed by atoms with Gasteiger partial charge in [-0.2, -0.15) is 5.10 Å². The van der Waals surface area contributed by atoms with Crippen LogP contribution in [0.4, 0.5) is 0 Å². The summed E-state index contributed by atoms with van der Waals surface area (Å²) in [6, 6.07) is 7.95. The molecule has 3 atom stereocenters. The van der Waals surface area contributed by atoms with Gasteiger partial charge in [0.05, 0.1) is 23.8 Å². The van der Waals surface area contributed by atoms with E-state index >= 15 is 0 Å². The number of nitrogens with one attached hydrogen (secondary N) is 1. The van der Waals surface area contributed by atoms with Gasteiger partial charge in [0, 0.05) is 37.4 Å². The van der Waals surface area contributed by atoms with Crippen LogP contribution < -0.4 is 11.2 Å². The topological polar surface area (TPSA) is 94.5 Å². The van der Waals surface area contributed by atoms with Crippen molar-refractivity contribution < 1.29 is 4.79 Å². The van der Waals surface area contributed by atoms with Crippen molar-refractivity contribution in [2.75, 3.05) is 19.6 Å². The maximum Gasteiger partial charge on any atom is 0.272 e. The van der Waals surface area contributed by atoms with E-state index in [0.717, 1.165) is 68.1 Å². The summed E-state index contributed by atoms with van der Waals surface area (Å²) in [5.41, 5.74) is 12.4. The van der Waals surface area contributed by atoms with E-state index in [0.29, 0.717) is 5.69 Å². The molecule has 0 spiro atoms. The quantitative estimate of drug-likeness (QED) is 0.729. The SMILES string of the molecule is CC1=CN2NC(C3CCCCN3C(=O)c3cccc4ccnn34)C=C2N=C1N1CC[C@H](N)C1. The average molecular weight is 447 g/mol. The van der Waals surface area contributed by atoms with E-state index in [1.165, 1.54) is 0 Å². The molecule has 9 heteroatoms. The third kappa shape index (κ3) is 3.52. The maximum atomic E-state index is 13.6. The van der Waals surface area contributed by atoms with Crippen molar-refractivity contribution in [3.63, 3.8) is 0 Å². The van der Waals surface area contributed by atoms with Gasteiger partial charge in [-0.25, -0.2) is 14.9 Å². The lowest BCUT2D eigenvalue weighted by molar-refractivity contribution is 0.0552. The molecule has 0 saturated carbocycles. The van der Waals surface area contributed by atoms with Gasteiger partial charge >= 0.3 is 0 Å². The largest absolute Gasteiger partial charge is 0.355 e. The Hall–Kier alpha value is -3.17. The van der Waals surface area contributed by atoms with Crippen molar-refractivity contribution in [3.8, 4) is 0 Å². The van der Waals surface area contributed by atoms with Crippen LogP contribution in [0.25, 0.3) is 5.52 Å². The Morgan fingerprint density at radius 1 is 1.18 bits per heavy atom. The van der Waals surface area contributed by atoms with Crippen molar-refractivity contribution in [1.29, 1.82) is 0 Å². The van der Waals surface area contributed by atoms with Crippen LogP contribution >= 0.6 is 0 Å². The summed E-state index contributed by atoms with van der Waals surface area (Å²) < 4.78 is 1.74. The third-order valence-corrected chi connectivity index (χ3v) is 7.15. The van der Waals surface area contributed by atoms with Crippen LogP contribution in [0.15, 0.2) is 59.1 Å². The molecule has 2 saturated heterocycles. The summed E-state index contributed by atoms with van der Waals surface area (Å²) in [5.74, 6) is 1.93. The van der Waals surface area contributed by atoms with Gasteiger partial charge in [0.25, 0.3) is 5.91 Å². The van der Waals surface area contributed by atoms with Crippen LogP contribution in [0.1, 0.15) is 43.1 Å². The monoisotopic (exact) mass is 446 g/mol. The zero-order valence-electron chi connectivity index (χ0n) is 18.9. The minimum Gasteiger partial charge on any atom is -0.355 e. The highest BCUT2D eigenvalue weighted by atomic mass is 16.2. The Morgan fingerprint density at radius 2 is 2.09 bits per heavy atom. The standard InChI is InChI=1S/C24H30N8O/c1-16-14-31-22(27-23(16)29-12-9-17(25)15-29)13-19(28-31)20-6-2-3-11-30(20)24(33)21-7-4-5-18-8-10-26-32(18)21/h4-5,7-8,10,13-14,17,19-20,28H,2-3,6,9,11-12,15,25H2,1H3/t17-,19?,20?/m0/s1. The Bertz CT molecular complexity index is 1180. The fourth-order valence-electron chi connectivity index (χ4n) is 5.49. The Morgan fingerprint density at radius 3 is 2.94 bits per heavy atom. The van der Waals surface area contributed by atoms with Crippen LogP contribution in [-0.2, 0) is 0 Å². The molecule has 4 aliphatic heterocycles. The third-order valence-electron chi connectivity index (χ3n) is 7.15. The fraction of sp³-hybridized carbons (Fsp3) is 0.458. The first kappa shape index (κ1) is 20.4. The Balaban J connectivity index is 1.27. The number of aliphatic imine (C=N–C) groups is 1. The molecule has 6 rings (SSSR count). The first-order chi connectivity index (χ1) is 16.1. The second-order valence-electron chi connectivity index (χ2n) is 9.43. The van der Waals surface area contributed by atoms with Gasteiger partial charge in [-0.1, -0.05) is 6.07 Å². The van der Waals surface area contributed by atoms with Crippen molar-refractivity contribution in [1.82, 2.24) is 29.8 Å². The molecule has 2 unspecified atom stereocenters. The second kappa shape index (κ2) is 8.00. The first-order valence-electron chi connectivity index (χ1n) is 11.9. The van der Waals surface area contributed by atoms with Crippen molar-refractivity contribution in [3.05, 3.63) is 59.8 Å². The highest BCUT2D eigenvalue weighted by molar-refractivity contribution is 5.99. The van der Waals surface area contributed by atoms with Gasteiger partial charge in [0.15, 0.2) is 0 Å². The molecule has 4 aliphatic rings. The zero-order chi connectivity index (χ0) is 22.5. The van der Waals surface area contributed by atoms with Crippen molar-refractivity contribution in [2.24, 2.45) is 10.7 Å². The van der Waals surface area contributed by atoms with Crippen LogP contribution in [0.5, 0.6) is 0 Å². The molecule has 1 amide bonds. The van der Waals surface area contributed by atoms with Crippen LogP contribution in [0.2, 0.25) is 0 Å². The lowest BCUT2D eigenvalue weighted by Gasteiger charge is -2.39. The summed E-state index contributed by atoms with van der Waals surface area (Å²) in [6.07, 6.45) is 10.1. The second-order valence-corrected chi connectivity index (χ2v) is 9.43. The minimum absolute atomic E-state index is 0.00839. The van der Waals surface area contributed by atoms with Gasteiger partial charge in [0.1, 0.15) is 17.4 Å². The number of hydrogen-bond acceptors (Lipinski definition) is 7. The Kier molecular flexibility index (Phi) is 4.95. The van der Waals surface area contributed by atoms with Gasteiger partial charge < -0.3 is 15.5 Å². The number of rotatable bonds is 2. The number of amides is 1. The van der Waals surface area contributed by atoms with Gasteiger partial charge in [0.2, 0.25) is 0 Å². The Labute approximate surface area is 193 Å². The summed E-state index contributed by atoms with van der Waals surface area (Å²) in [4.78, 5) is 22.9. The molecule has 3 N–H and O–H groups in total. The molecule has 0 aromatic carbocycles. The van der Waals surface area contributed by atoms with E-state index in [4.69, 9.17) is 10.7 Å². The number of nitrogens with zero attached hydrogens (tertiary/aromatic N) is 6. The van der Waals surface area contributed by atoms with Crippen LogP contribution in [0, 0.1) is 0 Å². The smallest absolute Gasteiger partial charge is 0.272 e. The van der Waals surface area contributed by atoms with Gasteiger partial charge in [-0.3, -0.25) is 9.80 Å². The van der Waals surface area contributed by atoms with E-state index in [1.807, 2.05) is 34.2 Å². The number of nitrogens with two attached hydrogens (primary N) is 1. The van der Waals surface area contributed by atoms with Crippen LogP contribution in [-0.4, -0.2) is 73.9 Å². The number of carbonyl (C=O) groups is 1. The lowest BCUT2D eigenvalue weighted by Crippen LogP contribution is -2.54. The zero-order valence-corrected chi connectivity index (χ0v) is 18.9. The van der Waals surface area contributed by atoms with Gasteiger partial charge in [-0.15, -0.1) is 0 Å². The number of hydrogen-bond donors (Lipinski definition) is 2. The number of amidine groups is 1. The summed E-state index contributed by atoms with van der Waals surface area (Å²) in [5, 5.41) is 6.37. The molecule has 2 aromatic rings. The van der Waals surface area contributed by atoms with E-state index in [2.05, 4.69) is 34.6 Å². The summed E-state index contributed by atoms with van der Waals surface area (Å²) in [7, 11) is 0. The van der Waals surface area contributed by atoms with Crippen molar-refractivity contribution >= 4 is 17.3 Å². The number of likely N-dealkylation sites (tertiary alicyclic amines) is 2. The summed E-state index contributed by atoms with van der Waals surface area (Å²) >= 11 is 0. The number of fused-ring (bicyclic) bond motifs is 2. The van der Waals surface area contributed by atoms with Crippen molar-refractivity contribution in [2.45, 2.75) is 50.7 Å². The molecular weight excluding hydrogens is 416 g/mol. The molecule has 172 valence electrons. The first-order valence-corrected chi connectivity index (χ1v) is 11.9. The maximum absolute atomic E-state index is 13.6. The fourth-order valence-corrected chi connectivity index (χ4v) is 5.49. The molecule has 2 aromatic heterocycles. The number of hydrazine groups is 1. The predicted octanol–water partition coefficient (Wildman–Crippen LogP) is 1.71. The lowest BCUT2D eigenvalue weighted by atomic mass is 9.95. The number of aromatic nitrogens is 2. The summed E-state index contributed by atoms with van der Waals surface area (Å²) in [6.45, 7) is 4.63. The number of carbonyl (C=O) groups excluding carboxylic acids is 1. The van der Waals surface area contributed by atoms with E-state index in [-0.39, 0.29) is 24.0 Å². The van der Waals surface area contributed by atoms with Gasteiger partial charge in [-0.05, 0) is 56.9 Å². The molecule has 9 nitrogen and oxygen atoms in total. The molecule has 0 aliphatic carbocycles. The van der Waals surface area contributed by atoms with Crippen LogP contribution in [0.3, 0.4) is 0 Å². The highest BCUT2D eigenvalue weighted by Crippen LogP contribution is 2.30. The molecule has 0 bridgehead atoms. The molecule has 6 heterocycles. The van der Waals surface area contributed by atoms with E-state index in [9.17, 15) is 4.79 Å². The highest BCUT2D eigenvalue weighted by Gasteiger charge is 2.38. The number of pyridine rings is 1. The molecule has 33 heavy (non-hydrogen) atoms. The molecule has 0 radical (unpaired) electrons. The number of piperidine rings is 1. The van der Waals surface area contributed by atoms with E-state index < -0.39 is 0 Å². The normalized spacial score (nSPS) is 27.5. The molecule has 2 fully saturated rings. The minimum atomic E-state index is 0.00839. The van der Waals surface area contributed by atoms with E-state index in [1.54, 1.807) is 10.7 Å². The average Bonchev–Trinajstić information content (AvgIpc) is 3.57.